The smallest absolute Gasteiger partial charge is 0.335 e. The predicted molar refractivity (Wildman–Crippen MR) is 173 cm³/mol. The molecule has 218 valence electrons. The van der Waals surface area contributed by atoms with Crippen LogP contribution in [0.4, 0.5) is 0 Å². The summed E-state index contributed by atoms with van der Waals surface area (Å²) in [4.78, 5) is 38.8. The van der Waals surface area contributed by atoms with Crippen LogP contribution in [0.5, 0.6) is 0 Å². The van der Waals surface area contributed by atoms with Crippen LogP contribution in [0.2, 0.25) is 0 Å². The standard InChI is InChI=1S/C35H31IN2O5/c1-2-30(23-43-22-25-12-9-17-28(19-25)35(41)42)37-33(39)31(21-24-11-10-18-29(36)20-24)38-34(40)32(26-13-5-3-6-14-26)27-15-7-4-8-16-27/h1,3-20,30-32H,21-23H2,(H,37,39)(H,38,40)(H,41,42)/t30-,31+/m1/s1. The Morgan fingerprint density at radius 1 is 0.791 bits per heavy atom. The molecule has 0 aliphatic rings. The van der Waals surface area contributed by atoms with Crippen LogP contribution in [0.25, 0.3) is 0 Å². The molecule has 3 N–H and O–H groups in total. The lowest BCUT2D eigenvalue weighted by atomic mass is 9.90. The minimum atomic E-state index is -1.03. The number of carbonyl (C=O) groups excluding carboxylic acids is 2. The summed E-state index contributed by atoms with van der Waals surface area (Å²) >= 11 is 2.21. The third-order valence-electron chi connectivity index (χ3n) is 6.73. The van der Waals surface area contributed by atoms with Crippen molar-refractivity contribution < 1.29 is 24.2 Å². The molecule has 4 aromatic carbocycles. The first-order chi connectivity index (χ1) is 20.8. The fraction of sp³-hybridized carbons (Fsp3) is 0.171. The third kappa shape index (κ3) is 9.26. The largest absolute Gasteiger partial charge is 0.478 e. The van der Waals surface area contributed by atoms with E-state index in [0.29, 0.717) is 5.56 Å². The molecule has 4 aromatic rings. The average molecular weight is 687 g/mol. The van der Waals surface area contributed by atoms with E-state index in [1.807, 2.05) is 84.9 Å². The van der Waals surface area contributed by atoms with E-state index in [9.17, 15) is 19.5 Å². The van der Waals surface area contributed by atoms with Crippen LogP contribution in [-0.2, 0) is 27.4 Å². The van der Waals surface area contributed by atoms with Crippen LogP contribution in [0.1, 0.15) is 38.5 Å². The van der Waals surface area contributed by atoms with Crippen molar-refractivity contribution in [3.63, 3.8) is 0 Å². The molecule has 8 heteroatoms. The molecule has 43 heavy (non-hydrogen) atoms. The SMILES string of the molecule is C#C[C@H](COCc1cccc(C(=O)O)c1)NC(=O)[C@H](Cc1cccc(I)c1)NC(=O)C(c1ccccc1)c1ccccc1. The van der Waals surface area contributed by atoms with Gasteiger partial charge in [0.1, 0.15) is 12.1 Å². The first kappa shape index (κ1) is 31.5. The summed E-state index contributed by atoms with van der Waals surface area (Å²) in [6.07, 6.45) is 5.98. The summed E-state index contributed by atoms with van der Waals surface area (Å²) in [6.45, 7) is 0.119. The second kappa shape index (κ2) is 15.7. The fourth-order valence-corrected chi connectivity index (χ4v) is 5.25. The number of halogens is 1. The van der Waals surface area contributed by atoms with Crippen molar-refractivity contribution in [2.75, 3.05) is 6.61 Å². The van der Waals surface area contributed by atoms with Crippen molar-refractivity contribution in [2.24, 2.45) is 0 Å². The molecule has 0 aromatic heterocycles. The van der Waals surface area contributed by atoms with Gasteiger partial charge in [-0.1, -0.05) is 90.8 Å². The van der Waals surface area contributed by atoms with Gasteiger partial charge in [0.25, 0.3) is 0 Å². The predicted octanol–water partition coefficient (Wildman–Crippen LogP) is 5.18. The van der Waals surface area contributed by atoms with E-state index in [2.05, 4.69) is 39.1 Å². The van der Waals surface area contributed by atoms with E-state index in [-0.39, 0.29) is 31.1 Å². The number of hydrogen-bond donors (Lipinski definition) is 3. The molecular weight excluding hydrogens is 655 g/mol. The van der Waals surface area contributed by atoms with Crippen LogP contribution < -0.4 is 10.6 Å². The Kier molecular flexibility index (Phi) is 11.5. The van der Waals surface area contributed by atoms with E-state index in [1.54, 1.807) is 12.1 Å². The highest BCUT2D eigenvalue weighted by molar-refractivity contribution is 14.1. The number of benzene rings is 4. The Labute approximate surface area is 264 Å². The molecule has 0 spiro atoms. The van der Waals surface area contributed by atoms with Gasteiger partial charge in [-0.2, -0.15) is 0 Å². The van der Waals surface area contributed by atoms with Gasteiger partial charge in [-0.15, -0.1) is 6.42 Å². The second-order valence-electron chi connectivity index (χ2n) is 9.90. The number of ether oxygens (including phenoxy) is 1. The van der Waals surface area contributed by atoms with E-state index in [0.717, 1.165) is 20.3 Å². The highest BCUT2D eigenvalue weighted by Gasteiger charge is 2.29. The molecule has 7 nitrogen and oxygen atoms in total. The van der Waals surface area contributed by atoms with Gasteiger partial charge in [0.05, 0.1) is 24.7 Å². The maximum Gasteiger partial charge on any atom is 0.335 e. The number of hydrogen-bond acceptors (Lipinski definition) is 4. The Balaban J connectivity index is 1.50. The van der Waals surface area contributed by atoms with Gasteiger partial charge in [0.2, 0.25) is 11.8 Å². The zero-order valence-electron chi connectivity index (χ0n) is 23.3. The monoisotopic (exact) mass is 686 g/mol. The number of amides is 2. The maximum absolute atomic E-state index is 13.9. The van der Waals surface area contributed by atoms with Gasteiger partial charge < -0.3 is 20.5 Å². The van der Waals surface area contributed by atoms with Crippen molar-refractivity contribution >= 4 is 40.4 Å². The van der Waals surface area contributed by atoms with Gasteiger partial charge in [0.15, 0.2) is 0 Å². The number of terminal acetylenes is 1. The molecule has 0 aliphatic heterocycles. The molecule has 2 atom stereocenters. The lowest BCUT2D eigenvalue weighted by molar-refractivity contribution is -0.129. The van der Waals surface area contributed by atoms with Gasteiger partial charge in [-0.25, -0.2) is 4.79 Å². The summed E-state index contributed by atoms with van der Waals surface area (Å²) < 4.78 is 6.73. The Morgan fingerprint density at radius 2 is 1.42 bits per heavy atom. The first-order valence-electron chi connectivity index (χ1n) is 13.6. The van der Waals surface area contributed by atoms with Crippen LogP contribution in [0.3, 0.4) is 0 Å². The lowest BCUT2D eigenvalue weighted by Gasteiger charge is -2.24. The van der Waals surface area contributed by atoms with Crippen LogP contribution in [-0.4, -0.2) is 41.6 Å². The molecule has 0 saturated carbocycles. The minimum Gasteiger partial charge on any atom is -0.478 e. The molecule has 0 unspecified atom stereocenters. The van der Waals surface area contributed by atoms with E-state index < -0.39 is 29.9 Å². The number of aromatic carboxylic acids is 1. The maximum atomic E-state index is 13.9. The third-order valence-corrected chi connectivity index (χ3v) is 7.41. The molecule has 4 rings (SSSR count). The highest BCUT2D eigenvalue weighted by Crippen LogP contribution is 2.25. The zero-order valence-corrected chi connectivity index (χ0v) is 25.4. The van der Waals surface area contributed by atoms with E-state index in [1.165, 1.54) is 12.1 Å². The number of carboxylic acids is 1. The van der Waals surface area contributed by atoms with Crippen molar-refractivity contribution in [3.05, 3.63) is 141 Å². The second-order valence-corrected chi connectivity index (χ2v) is 11.1. The summed E-state index contributed by atoms with van der Waals surface area (Å²) in [5.74, 6) is 0.139. The van der Waals surface area contributed by atoms with Gasteiger partial charge in [-0.05, 0) is 69.1 Å². The quantitative estimate of drug-likeness (QED) is 0.133. The molecule has 0 saturated heterocycles. The summed E-state index contributed by atoms with van der Waals surface area (Å²) in [6, 6.07) is 31.3. The first-order valence-corrected chi connectivity index (χ1v) is 14.7. The molecule has 0 bridgehead atoms. The van der Waals surface area contributed by atoms with Crippen molar-refractivity contribution in [3.8, 4) is 12.3 Å². The van der Waals surface area contributed by atoms with Gasteiger partial charge >= 0.3 is 5.97 Å². The number of rotatable bonds is 13. The molecule has 0 fully saturated rings. The molecule has 0 radical (unpaired) electrons. The molecular formula is C35H31IN2O5. The summed E-state index contributed by atoms with van der Waals surface area (Å²) in [7, 11) is 0. The summed E-state index contributed by atoms with van der Waals surface area (Å²) in [5, 5.41) is 15.0. The molecule has 2 amide bonds. The molecule has 0 heterocycles. The normalized spacial score (nSPS) is 12.1. The van der Waals surface area contributed by atoms with Crippen molar-refractivity contribution in [1.29, 1.82) is 0 Å². The summed E-state index contributed by atoms with van der Waals surface area (Å²) in [5.41, 5.74) is 3.32. The zero-order chi connectivity index (χ0) is 30.6. The Morgan fingerprint density at radius 3 is 2.02 bits per heavy atom. The van der Waals surface area contributed by atoms with Crippen LogP contribution >= 0.6 is 22.6 Å². The Bertz CT molecular complexity index is 1550. The average Bonchev–Trinajstić information content (AvgIpc) is 3.01. The fourth-order valence-electron chi connectivity index (χ4n) is 4.64. The van der Waals surface area contributed by atoms with Crippen LogP contribution in [0, 0.1) is 15.9 Å². The number of nitrogens with one attached hydrogen (secondary N) is 2. The number of carboxylic acid groups (broad SMARTS) is 1. The minimum absolute atomic E-state index is 0.0000959. The number of carbonyl (C=O) groups is 3. The van der Waals surface area contributed by atoms with Crippen LogP contribution in [0.15, 0.2) is 109 Å². The van der Waals surface area contributed by atoms with Crippen molar-refractivity contribution in [2.45, 2.75) is 31.0 Å². The topological polar surface area (TPSA) is 105 Å². The Hall–Kier alpha value is -4.46. The van der Waals surface area contributed by atoms with Gasteiger partial charge in [-0.3, -0.25) is 9.59 Å². The highest BCUT2D eigenvalue weighted by atomic mass is 127. The van der Waals surface area contributed by atoms with Crippen molar-refractivity contribution in [1.82, 2.24) is 10.6 Å². The van der Waals surface area contributed by atoms with Gasteiger partial charge in [0, 0.05) is 9.99 Å². The van der Waals surface area contributed by atoms with E-state index >= 15 is 0 Å². The molecule has 0 aliphatic carbocycles. The van der Waals surface area contributed by atoms with E-state index in [4.69, 9.17) is 11.2 Å². The lowest BCUT2D eigenvalue weighted by Crippen LogP contribution is -2.52.